The monoisotopic (exact) mass is 176 g/mol. The molecular formula is C8H7F3O. The van der Waals surface area contributed by atoms with Gasteiger partial charge in [-0.2, -0.15) is 13.2 Å². The minimum Gasteiger partial charge on any atom is -0.379 e. The number of alkyl halides is 3. The molecule has 0 saturated heterocycles. The molecule has 0 aromatic carbocycles. The van der Waals surface area contributed by atoms with Crippen LogP contribution in [0.5, 0.6) is 0 Å². The standard InChI is InChI=1S/C8H7F3O/c9-8(10,11)7(12)5-1-2-6(7)4-3-5/h1-6,12H. The van der Waals surface area contributed by atoms with Gasteiger partial charge in [0.15, 0.2) is 5.60 Å². The van der Waals surface area contributed by atoms with Gasteiger partial charge in [0.05, 0.1) is 0 Å². The summed E-state index contributed by atoms with van der Waals surface area (Å²) in [6, 6.07) is 0. The maximum absolute atomic E-state index is 12.4. The van der Waals surface area contributed by atoms with Crippen LogP contribution in [0.25, 0.3) is 0 Å². The van der Waals surface area contributed by atoms with E-state index in [1.807, 2.05) is 0 Å². The van der Waals surface area contributed by atoms with E-state index >= 15 is 0 Å². The lowest BCUT2D eigenvalue weighted by Gasteiger charge is -2.30. The molecule has 0 saturated carbocycles. The highest BCUT2D eigenvalue weighted by Crippen LogP contribution is 2.51. The molecule has 2 rings (SSSR count). The van der Waals surface area contributed by atoms with Gasteiger partial charge in [0, 0.05) is 11.8 Å². The smallest absolute Gasteiger partial charge is 0.379 e. The number of hydrogen-bond donors (Lipinski definition) is 1. The third-order valence-corrected chi connectivity index (χ3v) is 2.52. The Morgan fingerprint density at radius 1 is 1.00 bits per heavy atom. The minimum absolute atomic E-state index is 0.887. The first-order chi connectivity index (χ1) is 5.46. The Morgan fingerprint density at radius 2 is 1.33 bits per heavy atom. The van der Waals surface area contributed by atoms with Crippen LogP contribution < -0.4 is 0 Å². The SMILES string of the molecule is OC1(C(F)(F)F)C2C=CC1C=C2. The number of halogens is 3. The molecule has 2 aliphatic rings. The summed E-state index contributed by atoms with van der Waals surface area (Å²) < 4.78 is 37.1. The van der Waals surface area contributed by atoms with Crippen LogP contribution in [0.15, 0.2) is 24.3 Å². The fourth-order valence-electron chi connectivity index (χ4n) is 1.79. The van der Waals surface area contributed by atoms with Crippen LogP contribution in [0, 0.1) is 11.8 Å². The normalized spacial score (nSPS) is 44.3. The highest BCUT2D eigenvalue weighted by Gasteiger charge is 2.64. The van der Waals surface area contributed by atoms with Crippen molar-refractivity contribution < 1.29 is 18.3 Å². The summed E-state index contributed by atoms with van der Waals surface area (Å²) in [4.78, 5) is 0. The Bertz CT molecular complexity index is 234. The third-order valence-electron chi connectivity index (χ3n) is 2.52. The van der Waals surface area contributed by atoms with Crippen molar-refractivity contribution in [2.75, 3.05) is 0 Å². The summed E-state index contributed by atoms with van der Waals surface area (Å²) in [7, 11) is 0. The molecule has 66 valence electrons. The molecule has 1 nitrogen and oxygen atoms in total. The van der Waals surface area contributed by atoms with E-state index in [0.717, 1.165) is 0 Å². The van der Waals surface area contributed by atoms with Gasteiger partial charge in [0.1, 0.15) is 0 Å². The van der Waals surface area contributed by atoms with Gasteiger partial charge in [-0.25, -0.2) is 0 Å². The van der Waals surface area contributed by atoms with Gasteiger partial charge in [-0.1, -0.05) is 24.3 Å². The Hall–Kier alpha value is -0.770. The first-order valence-electron chi connectivity index (χ1n) is 3.62. The highest BCUT2D eigenvalue weighted by atomic mass is 19.4. The lowest BCUT2D eigenvalue weighted by Crippen LogP contribution is -2.50. The summed E-state index contributed by atoms with van der Waals surface area (Å²) in [5, 5.41) is 9.38. The van der Waals surface area contributed by atoms with Crippen molar-refractivity contribution in [1.29, 1.82) is 0 Å². The van der Waals surface area contributed by atoms with E-state index in [9.17, 15) is 18.3 Å². The largest absolute Gasteiger partial charge is 0.418 e. The Kier molecular flexibility index (Phi) is 1.27. The Balaban J connectivity index is 2.38. The van der Waals surface area contributed by atoms with Crippen molar-refractivity contribution in [2.45, 2.75) is 11.8 Å². The molecule has 0 heterocycles. The summed E-state index contributed by atoms with van der Waals surface area (Å²) in [6.07, 6.45) is 1.06. The van der Waals surface area contributed by atoms with E-state index in [-0.39, 0.29) is 0 Å². The van der Waals surface area contributed by atoms with Crippen LogP contribution >= 0.6 is 0 Å². The molecular weight excluding hydrogens is 169 g/mol. The second-order valence-corrected chi connectivity index (χ2v) is 3.14. The number of hydrogen-bond acceptors (Lipinski definition) is 1. The van der Waals surface area contributed by atoms with Gasteiger partial charge in [-0.15, -0.1) is 0 Å². The highest BCUT2D eigenvalue weighted by molar-refractivity contribution is 5.33. The first-order valence-corrected chi connectivity index (χ1v) is 3.62. The number of fused-ring (bicyclic) bond motifs is 2. The van der Waals surface area contributed by atoms with Gasteiger partial charge in [-0.3, -0.25) is 0 Å². The van der Waals surface area contributed by atoms with E-state index in [2.05, 4.69) is 0 Å². The third kappa shape index (κ3) is 0.684. The molecule has 0 amide bonds. The van der Waals surface area contributed by atoms with Crippen molar-refractivity contribution in [3.8, 4) is 0 Å². The van der Waals surface area contributed by atoms with E-state index in [0.29, 0.717) is 0 Å². The van der Waals surface area contributed by atoms with Crippen molar-refractivity contribution in [2.24, 2.45) is 11.8 Å². The van der Waals surface area contributed by atoms with E-state index in [4.69, 9.17) is 0 Å². The molecule has 0 aliphatic heterocycles. The van der Waals surface area contributed by atoms with Crippen LogP contribution in [-0.2, 0) is 0 Å². The van der Waals surface area contributed by atoms with E-state index in [1.165, 1.54) is 24.3 Å². The van der Waals surface area contributed by atoms with E-state index < -0.39 is 23.6 Å². The summed E-state index contributed by atoms with van der Waals surface area (Å²) in [5.74, 6) is -1.77. The van der Waals surface area contributed by atoms with Crippen molar-refractivity contribution in [3.05, 3.63) is 24.3 Å². The van der Waals surface area contributed by atoms with E-state index in [1.54, 1.807) is 0 Å². The maximum atomic E-state index is 12.4. The van der Waals surface area contributed by atoms with Crippen molar-refractivity contribution in [1.82, 2.24) is 0 Å². The second kappa shape index (κ2) is 1.93. The zero-order valence-electron chi connectivity index (χ0n) is 6.05. The molecule has 1 N–H and O–H groups in total. The number of aliphatic hydroxyl groups is 1. The zero-order chi connectivity index (χ0) is 8.98. The predicted octanol–water partition coefficient (Wildman–Crippen LogP) is 1.65. The Morgan fingerprint density at radius 3 is 1.50 bits per heavy atom. The fourth-order valence-corrected chi connectivity index (χ4v) is 1.79. The molecule has 0 spiro atoms. The molecule has 2 bridgehead atoms. The van der Waals surface area contributed by atoms with Crippen molar-refractivity contribution in [3.63, 3.8) is 0 Å². The van der Waals surface area contributed by atoms with Crippen LogP contribution in [0.1, 0.15) is 0 Å². The molecule has 2 aliphatic carbocycles. The predicted molar refractivity (Wildman–Crippen MR) is 36.3 cm³/mol. The van der Waals surface area contributed by atoms with Crippen LogP contribution in [-0.4, -0.2) is 16.9 Å². The summed E-state index contributed by atoms with van der Waals surface area (Å²) >= 11 is 0. The average molecular weight is 176 g/mol. The molecule has 0 fully saturated rings. The van der Waals surface area contributed by atoms with Gasteiger partial charge < -0.3 is 5.11 Å². The van der Waals surface area contributed by atoms with Crippen LogP contribution in [0.4, 0.5) is 13.2 Å². The Labute approximate surface area is 67.2 Å². The minimum atomic E-state index is -4.55. The van der Waals surface area contributed by atoms with Crippen LogP contribution in [0.3, 0.4) is 0 Å². The van der Waals surface area contributed by atoms with Gasteiger partial charge in [0.2, 0.25) is 0 Å². The average Bonchev–Trinajstić information content (AvgIpc) is 2.45. The molecule has 0 unspecified atom stereocenters. The molecule has 0 aromatic heterocycles. The van der Waals surface area contributed by atoms with Gasteiger partial charge >= 0.3 is 6.18 Å². The molecule has 4 heteroatoms. The summed E-state index contributed by atoms with van der Waals surface area (Å²) in [5.41, 5.74) is -2.56. The zero-order valence-corrected chi connectivity index (χ0v) is 6.05. The topological polar surface area (TPSA) is 20.2 Å². The van der Waals surface area contributed by atoms with Crippen LogP contribution in [0.2, 0.25) is 0 Å². The molecule has 12 heavy (non-hydrogen) atoms. The van der Waals surface area contributed by atoms with Crippen molar-refractivity contribution >= 4 is 0 Å². The summed E-state index contributed by atoms with van der Waals surface area (Å²) in [6.45, 7) is 0. The van der Waals surface area contributed by atoms with Gasteiger partial charge in [0.25, 0.3) is 0 Å². The molecule has 0 atom stereocenters. The molecule has 0 radical (unpaired) electrons. The fraction of sp³-hybridized carbons (Fsp3) is 0.500. The lowest BCUT2D eigenvalue weighted by molar-refractivity contribution is -0.271. The maximum Gasteiger partial charge on any atom is 0.418 e. The van der Waals surface area contributed by atoms with Gasteiger partial charge in [-0.05, 0) is 0 Å². The second-order valence-electron chi connectivity index (χ2n) is 3.14. The number of rotatable bonds is 0. The lowest BCUT2D eigenvalue weighted by atomic mass is 9.89. The molecule has 0 aromatic rings. The quantitative estimate of drug-likeness (QED) is 0.556. The first kappa shape index (κ1) is 7.86.